The number of carbonyl (C=O) groups is 1. The number of aromatic amines is 1. The van der Waals surface area contributed by atoms with Gasteiger partial charge < -0.3 is 24.7 Å². The van der Waals surface area contributed by atoms with Gasteiger partial charge in [-0.25, -0.2) is 4.98 Å². The Hall–Kier alpha value is -2.74. The van der Waals surface area contributed by atoms with Crippen LogP contribution < -0.4 is 5.32 Å². The standard InChI is InChI=1S/C26H30N4O3/c1-16-12-28-24-20(16)11-19(13-29-24)18-9-17-3-7-30(25(31)26(32-2)4-5-26)14-22(17)21(10-18)23-15-33-8-6-27-23/h9-13,23,27H,3-8,14-15H2,1-2H3,(H,28,29). The first-order valence-electron chi connectivity index (χ1n) is 11.8. The van der Waals surface area contributed by atoms with Gasteiger partial charge in [0.2, 0.25) is 0 Å². The van der Waals surface area contributed by atoms with Crippen molar-refractivity contribution in [1.82, 2.24) is 20.2 Å². The number of nitrogens with one attached hydrogen (secondary N) is 2. The Morgan fingerprint density at radius 1 is 1.27 bits per heavy atom. The van der Waals surface area contributed by atoms with Crippen molar-refractivity contribution < 1.29 is 14.3 Å². The van der Waals surface area contributed by atoms with E-state index >= 15 is 0 Å². The molecule has 2 N–H and O–H groups in total. The highest BCUT2D eigenvalue weighted by Gasteiger charge is 2.52. The third-order valence-electron chi connectivity index (χ3n) is 7.52. The van der Waals surface area contributed by atoms with Crippen LogP contribution in [0.1, 0.15) is 41.1 Å². The maximum Gasteiger partial charge on any atom is 0.255 e. The predicted molar refractivity (Wildman–Crippen MR) is 126 cm³/mol. The number of H-pyrrole nitrogens is 1. The lowest BCUT2D eigenvalue weighted by Crippen LogP contribution is -2.45. The predicted octanol–water partition coefficient (Wildman–Crippen LogP) is 3.26. The molecule has 6 rings (SSSR count). The minimum Gasteiger partial charge on any atom is -0.378 e. The number of methoxy groups -OCH3 is 1. The monoisotopic (exact) mass is 446 g/mol. The van der Waals surface area contributed by atoms with E-state index in [1.54, 1.807) is 7.11 Å². The zero-order chi connectivity index (χ0) is 22.6. The summed E-state index contributed by atoms with van der Waals surface area (Å²) in [5.74, 6) is 0.135. The third kappa shape index (κ3) is 3.55. The normalized spacial score (nSPS) is 21.8. The Kier molecular flexibility index (Phi) is 5.01. The molecule has 0 bridgehead atoms. The van der Waals surface area contributed by atoms with Gasteiger partial charge in [0.1, 0.15) is 11.2 Å². The molecule has 7 heteroatoms. The van der Waals surface area contributed by atoms with Gasteiger partial charge in [-0.2, -0.15) is 0 Å². The molecule has 1 atom stereocenters. The molecule has 1 saturated heterocycles. The van der Waals surface area contributed by atoms with Crippen LogP contribution in [0.3, 0.4) is 0 Å². The zero-order valence-corrected chi connectivity index (χ0v) is 19.2. The number of carbonyl (C=O) groups excluding carboxylic acids is 1. The van der Waals surface area contributed by atoms with E-state index in [2.05, 4.69) is 40.4 Å². The molecule has 1 unspecified atom stereocenters. The molecule has 2 fully saturated rings. The average Bonchev–Trinajstić information content (AvgIpc) is 3.59. The maximum atomic E-state index is 13.2. The van der Waals surface area contributed by atoms with E-state index in [9.17, 15) is 4.79 Å². The topological polar surface area (TPSA) is 79.5 Å². The first-order valence-corrected chi connectivity index (χ1v) is 11.8. The second kappa shape index (κ2) is 7.94. The fourth-order valence-corrected chi connectivity index (χ4v) is 5.31. The van der Waals surface area contributed by atoms with Crippen molar-refractivity contribution in [3.63, 3.8) is 0 Å². The number of pyridine rings is 1. The summed E-state index contributed by atoms with van der Waals surface area (Å²) < 4.78 is 11.4. The van der Waals surface area contributed by atoms with Crippen molar-refractivity contribution in [2.45, 2.75) is 44.4 Å². The van der Waals surface area contributed by atoms with Crippen LogP contribution in [-0.4, -0.2) is 59.8 Å². The highest BCUT2D eigenvalue weighted by Crippen LogP contribution is 2.42. The molecule has 1 saturated carbocycles. The second-order valence-corrected chi connectivity index (χ2v) is 9.55. The molecular formula is C26H30N4O3. The Morgan fingerprint density at radius 2 is 2.15 bits per heavy atom. The summed E-state index contributed by atoms with van der Waals surface area (Å²) in [6.07, 6.45) is 6.44. The molecule has 3 aromatic rings. The molecule has 2 aliphatic heterocycles. The van der Waals surface area contributed by atoms with Crippen LogP contribution in [0.2, 0.25) is 0 Å². The van der Waals surface area contributed by atoms with Crippen molar-refractivity contribution in [2.24, 2.45) is 0 Å². The van der Waals surface area contributed by atoms with Crippen LogP contribution in [-0.2, 0) is 27.2 Å². The SMILES string of the molecule is COC1(C(=O)N2CCc3cc(-c4cnc5[nH]cc(C)c5c4)cc(C4COCCN4)c3C2)CC1. The van der Waals surface area contributed by atoms with E-state index in [-0.39, 0.29) is 11.9 Å². The zero-order valence-electron chi connectivity index (χ0n) is 19.2. The Morgan fingerprint density at radius 3 is 2.91 bits per heavy atom. The summed E-state index contributed by atoms with van der Waals surface area (Å²) >= 11 is 0. The Bertz CT molecular complexity index is 1220. The van der Waals surface area contributed by atoms with Crippen molar-refractivity contribution in [2.75, 3.05) is 33.4 Å². The number of ether oxygens (including phenoxy) is 2. The fourth-order valence-electron chi connectivity index (χ4n) is 5.31. The average molecular weight is 447 g/mol. The Balaban J connectivity index is 1.41. The molecular weight excluding hydrogens is 416 g/mol. The van der Waals surface area contributed by atoms with Gasteiger partial charge in [0.25, 0.3) is 5.91 Å². The maximum absolute atomic E-state index is 13.2. The lowest BCUT2D eigenvalue weighted by atomic mass is 9.87. The van der Waals surface area contributed by atoms with Crippen LogP contribution in [0, 0.1) is 6.92 Å². The van der Waals surface area contributed by atoms with Gasteiger partial charge in [0.15, 0.2) is 0 Å². The minimum absolute atomic E-state index is 0.116. The van der Waals surface area contributed by atoms with Gasteiger partial charge >= 0.3 is 0 Å². The molecule has 7 nitrogen and oxygen atoms in total. The molecule has 2 aromatic heterocycles. The van der Waals surface area contributed by atoms with Crippen molar-refractivity contribution in [3.05, 3.63) is 52.8 Å². The number of hydrogen-bond donors (Lipinski definition) is 2. The first kappa shape index (κ1) is 20.8. The highest BCUT2D eigenvalue weighted by molar-refractivity contribution is 5.88. The number of amides is 1. The van der Waals surface area contributed by atoms with Crippen molar-refractivity contribution in [1.29, 1.82) is 0 Å². The summed E-state index contributed by atoms with van der Waals surface area (Å²) in [6.45, 7) is 5.65. The summed E-state index contributed by atoms with van der Waals surface area (Å²) in [7, 11) is 1.65. The smallest absolute Gasteiger partial charge is 0.255 e. The summed E-state index contributed by atoms with van der Waals surface area (Å²) in [5, 5.41) is 4.77. The largest absolute Gasteiger partial charge is 0.378 e. The van der Waals surface area contributed by atoms with E-state index in [0.717, 1.165) is 55.6 Å². The lowest BCUT2D eigenvalue weighted by Gasteiger charge is -2.35. The second-order valence-electron chi connectivity index (χ2n) is 9.55. The molecule has 1 amide bonds. The molecule has 1 aliphatic carbocycles. The van der Waals surface area contributed by atoms with Crippen molar-refractivity contribution >= 4 is 16.9 Å². The van der Waals surface area contributed by atoms with Gasteiger partial charge in [0, 0.05) is 50.1 Å². The van der Waals surface area contributed by atoms with Crippen LogP contribution in [0.25, 0.3) is 22.2 Å². The van der Waals surface area contributed by atoms with E-state index in [0.29, 0.717) is 13.2 Å². The summed E-state index contributed by atoms with van der Waals surface area (Å²) in [5.41, 5.74) is 7.60. The molecule has 3 aliphatic rings. The fraction of sp³-hybridized carbons (Fsp3) is 0.462. The summed E-state index contributed by atoms with van der Waals surface area (Å²) in [6, 6.07) is 6.90. The van der Waals surface area contributed by atoms with E-state index in [1.165, 1.54) is 27.8 Å². The molecule has 0 radical (unpaired) electrons. The summed E-state index contributed by atoms with van der Waals surface area (Å²) in [4.78, 5) is 23.0. The number of nitrogens with zero attached hydrogens (tertiary/aromatic N) is 2. The molecule has 172 valence electrons. The number of aromatic nitrogens is 2. The third-order valence-corrected chi connectivity index (χ3v) is 7.52. The van der Waals surface area contributed by atoms with Crippen LogP contribution in [0.5, 0.6) is 0 Å². The van der Waals surface area contributed by atoms with Gasteiger partial charge in [-0.3, -0.25) is 4.79 Å². The molecule has 1 aromatic carbocycles. The van der Waals surface area contributed by atoms with Gasteiger partial charge in [-0.05, 0) is 66.1 Å². The molecule has 0 spiro atoms. The number of fused-ring (bicyclic) bond motifs is 2. The first-order chi connectivity index (χ1) is 16.1. The Labute approximate surface area is 193 Å². The number of rotatable bonds is 4. The molecule has 33 heavy (non-hydrogen) atoms. The van der Waals surface area contributed by atoms with E-state index in [4.69, 9.17) is 9.47 Å². The van der Waals surface area contributed by atoms with Gasteiger partial charge in [0.05, 0.1) is 19.3 Å². The number of hydrogen-bond acceptors (Lipinski definition) is 5. The number of aryl methyl sites for hydroxylation is 1. The number of morpholine rings is 1. The molecule has 4 heterocycles. The van der Waals surface area contributed by atoms with E-state index < -0.39 is 5.60 Å². The lowest BCUT2D eigenvalue weighted by molar-refractivity contribution is -0.145. The van der Waals surface area contributed by atoms with Crippen LogP contribution in [0.15, 0.2) is 30.6 Å². The van der Waals surface area contributed by atoms with Gasteiger partial charge in [-0.15, -0.1) is 0 Å². The van der Waals surface area contributed by atoms with Crippen LogP contribution in [0.4, 0.5) is 0 Å². The van der Waals surface area contributed by atoms with E-state index in [1.807, 2.05) is 17.3 Å². The van der Waals surface area contributed by atoms with Crippen molar-refractivity contribution in [3.8, 4) is 11.1 Å². The van der Waals surface area contributed by atoms with Gasteiger partial charge in [-0.1, -0.05) is 6.07 Å². The van der Waals surface area contributed by atoms with Crippen LogP contribution >= 0.6 is 0 Å². The quantitative estimate of drug-likeness (QED) is 0.643. The minimum atomic E-state index is -0.584. The highest BCUT2D eigenvalue weighted by atomic mass is 16.5. The number of benzene rings is 1.